The highest BCUT2D eigenvalue weighted by Gasteiger charge is 2.36. The third-order valence-corrected chi connectivity index (χ3v) is 4.59. The van der Waals surface area contributed by atoms with Gasteiger partial charge in [-0.05, 0) is 40.2 Å². The monoisotopic (exact) mass is 380 g/mol. The molecule has 0 saturated carbocycles. The standard InChI is InChI=1S/C14H9BrN2O4S/c15-8-4-10(22-7-8)5-11-12(18)16-14(20)17(13(11)19)6-9-2-1-3-21-9/h1-5,7H,6H2,(H,16,18,20). The Kier molecular flexibility index (Phi) is 3.95. The number of urea groups is 1. The minimum absolute atomic E-state index is 0.0313. The van der Waals surface area contributed by atoms with Crippen LogP contribution in [-0.4, -0.2) is 22.7 Å². The van der Waals surface area contributed by atoms with E-state index in [1.54, 1.807) is 18.2 Å². The third kappa shape index (κ3) is 2.88. The molecule has 22 heavy (non-hydrogen) atoms. The number of nitrogens with zero attached hydrogens (tertiary/aromatic N) is 1. The van der Waals surface area contributed by atoms with Crippen LogP contribution in [0, 0.1) is 0 Å². The molecular weight excluding hydrogens is 372 g/mol. The smallest absolute Gasteiger partial charge is 0.331 e. The van der Waals surface area contributed by atoms with Crippen LogP contribution in [-0.2, 0) is 16.1 Å². The predicted molar refractivity (Wildman–Crippen MR) is 82.8 cm³/mol. The molecule has 3 heterocycles. The number of thiophene rings is 1. The third-order valence-electron chi connectivity index (χ3n) is 2.95. The summed E-state index contributed by atoms with van der Waals surface area (Å²) in [7, 11) is 0. The molecule has 0 radical (unpaired) electrons. The van der Waals surface area contributed by atoms with Crippen molar-refractivity contribution in [1.29, 1.82) is 0 Å². The molecule has 6 nitrogen and oxygen atoms in total. The van der Waals surface area contributed by atoms with Crippen LogP contribution in [0.15, 0.2) is 44.3 Å². The normalized spacial score (nSPS) is 17.2. The number of furan rings is 1. The van der Waals surface area contributed by atoms with Crippen LogP contribution in [0.3, 0.4) is 0 Å². The van der Waals surface area contributed by atoms with Crippen molar-refractivity contribution in [2.24, 2.45) is 0 Å². The van der Waals surface area contributed by atoms with E-state index in [0.717, 1.165) is 14.2 Å². The number of rotatable bonds is 3. The van der Waals surface area contributed by atoms with E-state index in [1.807, 2.05) is 5.38 Å². The van der Waals surface area contributed by atoms with E-state index in [2.05, 4.69) is 21.2 Å². The lowest BCUT2D eigenvalue weighted by atomic mass is 10.1. The molecule has 1 N–H and O–H groups in total. The second-order valence-corrected chi connectivity index (χ2v) is 6.31. The first-order valence-corrected chi connectivity index (χ1v) is 7.87. The topological polar surface area (TPSA) is 79.6 Å². The van der Waals surface area contributed by atoms with E-state index in [0.29, 0.717) is 5.76 Å². The lowest BCUT2D eigenvalue weighted by Gasteiger charge is -2.25. The lowest BCUT2D eigenvalue weighted by Crippen LogP contribution is -2.53. The molecule has 0 unspecified atom stereocenters. The van der Waals surface area contributed by atoms with E-state index in [9.17, 15) is 14.4 Å². The van der Waals surface area contributed by atoms with Crippen molar-refractivity contribution in [2.75, 3.05) is 0 Å². The number of carbonyl (C=O) groups excluding carboxylic acids is 3. The van der Waals surface area contributed by atoms with Crippen molar-refractivity contribution in [2.45, 2.75) is 6.54 Å². The van der Waals surface area contributed by atoms with Gasteiger partial charge in [-0.1, -0.05) is 0 Å². The van der Waals surface area contributed by atoms with E-state index >= 15 is 0 Å². The van der Waals surface area contributed by atoms with Crippen LogP contribution in [0.5, 0.6) is 0 Å². The number of barbiturate groups is 1. The van der Waals surface area contributed by atoms with Gasteiger partial charge in [0.05, 0.1) is 12.8 Å². The maximum absolute atomic E-state index is 12.4. The van der Waals surface area contributed by atoms with Crippen molar-refractivity contribution in [3.63, 3.8) is 0 Å². The van der Waals surface area contributed by atoms with Crippen molar-refractivity contribution in [3.8, 4) is 0 Å². The van der Waals surface area contributed by atoms with Gasteiger partial charge in [-0.15, -0.1) is 11.3 Å². The maximum Gasteiger partial charge on any atom is 0.331 e. The Bertz CT molecular complexity index is 779. The van der Waals surface area contributed by atoms with E-state index in [4.69, 9.17) is 4.42 Å². The quantitative estimate of drug-likeness (QED) is 0.655. The largest absolute Gasteiger partial charge is 0.467 e. The Morgan fingerprint density at radius 3 is 2.82 bits per heavy atom. The van der Waals surface area contributed by atoms with E-state index in [1.165, 1.54) is 23.7 Å². The summed E-state index contributed by atoms with van der Waals surface area (Å²) < 4.78 is 5.99. The van der Waals surface area contributed by atoms with Crippen LogP contribution < -0.4 is 5.32 Å². The molecular formula is C14H9BrN2O4S. The van der Waals surface area contributed by atoms with Crippen molar-refractivity contribution < 1.29 is 18.8 Å². The summed E-state index contributed by atoms with van der Waals surface area (Å²) in [5.41, 5.74) is -0.0829. The van der Waals surface area contributed by atoms with Gasteiger partial charge in [0.15, 0.2) is 0 Å². The van der Waals surface area contributed by atoms with Crippen LogP contribution in [0.2, 0.25) is 0 Å². The van der Waals surface area contributed by atoms with Crippen LogP contribution in [0.1, 0.15) is 10.6 Å². The highest BCUT2D eigenvalue weighted by Crippen LogP contribution is 2.24. The van der Waals surface area contributed by atoms with Gasteiger partial charge in [-0.25, -0.2) is 4.79 Å². The number of amides is 4. The molecule has 0 aliphatic carbocycles. The van der Waals surface area contributed by atoms with Crippen LogP contribution in [0.4, 0.5) is 4.79 Å². The molecule has 0 bridgehead atoms. The Labute approximate surface area is 137 Å². The van der Waals surface area contributed by atoms with Gasteiger partial charge in [0.25, 0.3) is 11.8 Å². The minimum Gasteiger partial charge on any atom is -0.467 e. The Hall–Kier alpha value is -2.19. The number of imide groups is 2. The number of nitrogens with one attached hydrogen (secondary N) is 1. The zero-order chi connectivity index (χ0) is 15.7. The Balaban J connectivity index is 1.90. The van der Waals surface area contributed by atoms with Gasteiger partial charge in [-0.2, -0.15) is 0 Å². The average Bonchev–Trinajstić information content (AvgIpc) is 3.11. The van der Waals surface area contributed by atoms with Gasteiger partial charge in [0.1, 0.15) is 11.3 Å². The summed E-state index contributed by atoms with van der Waals surface area (Å²) >= 11 is 4.68. The summed E-state index contributed by atoms with van der Waals surface area (Å²) in [6.07, 6.45) is 2.92. The number of hydrogen-bond donors (Lipinski definition) is 1. The molecule has 2 aromatic rings. The van der Waals surface area contributed by atoms with Crippen LogP contribution in [0.25, 0.3) is 6.08 Å². The molecule has 1 aliphatic rings. The average molecular weight is 381 g/mol. The Morgan fingerprint density at radius 1 is 1.36 bits per heavy atom. The molecule has 3 rings (SSSR count). The molecule has 0 spiro atoms. The predicted octanol–water partition coefficient (Wildman–Crippen LogP) is 2.77. The molecule has 4 amide bonds. The molecule has 2 aromatic heterocycles. The van der Waals surface area contributed by atoms with E-state index < -0.39 is 17.8 Å². The fourth-order valence-corrected chi connectivity index (χ4v) is 3.32. The molecule has 1 fully saturated rings. The first-order valence-electron chi connectivity index (χ1n) is 6.20. The fourth-order valence-electron chi connectivity index (χ4n) is 1.94. The minimum atomic E-state index is -0.754. The van der Waals surface area contributed by atoms with Gasteiger partial charge in [0.2, 0.25) is 0 Å². The Morgan fingerprint density at radius 2 is 2.18 bits per heavy atom. The first-order chi connectivity index (χ1) is 10.5. The van der Waals surface area contributed by atoms with E-state index in [-0.39, 0.29) is 12.1 Å². The number of carbonyl (C=O) groups is 3. The molecule has 0 atom stereocenters. The zero-order valence-electron chi connectivity index (χ0n) is 11.0. The summed E-state index contributed by atoms with van der Waals surface area (Å²) in [6, 6.07) is 4.34. The maximum atomic E-state index is 12.4. The SMILES string of the molecule is O=C1NC(=O)N(Cc2ccco2)C(=O)C1=Cc1cc(Br)cs1. The van der Waals surface area contributed by atoms with Gasteiger partial charge in [0, 0.05) is 14.7 Å². The van der Waals surface area contributed by atoms with Crippen molar-refractivity contribution in [3.05, 3.63) is 50.5 Å². The zero-order valence-corrected chi connectivity index (χ0v) is 13.4. The summed E-state index contributed by atoms with van der Waals surface area (Å²) in [6.45, 7) is -0.0313. The molecule has 8 heteroatoms. The number of halogens is 1. The molecule has 1 aliphatic heterocycles. The summed E-state index contributed by atoms with van der Waals surface area (Å²) in [5.74, 6) is -0.888. The van der Waals surface area contributed by atoms with Crippen molar-refractivity contribution in [1.82, 2.24) is 10.2 Å². The second kappa shape index (κ2) is 5.90. The van der Waals surface area contributed by atoms with Crippen LogP contribution >= 0.6 is 27.3 Å². The summed E-state index contributed by atoms with van der Waals surface area (Å²) in [4.78, 5) is 37.8. The first kappa shape index (κ1) is 14.7. The van der Waals surface area contributed by atoms with Gasteiger partial charge >= 0.3 is 6.03 Å². The van der Waals surface area contributed by atoms with Crippen molar-refractivity contribution >= 4 is 51.2 Å². The fraction of sp³-hybridized carbons (Fsp3) is 0.0714. The molecule has 0 aromatic carbocycles. The second-order valence-electron chi connectivity index (χ2n) is 4.46. The highest BCUT2D eigenvalue weighted by molar-refractivity contribution is 9.10. The molecule has 112 valence electrons. The van der Waals surface area contributed by atoms with Gasteiger partial charge < -0.3 is 4.42 Å². The van der Waals surface area contributed by atoms with Gasteiger partial charge in [-0.3, -0.25) is 19.8 Å². The lowest BCUT2D eigenvalue weighted by molar-refractivity contribution is -0.130. The summed E-state index contributed by atoms with van der Waals surface area (Å²) in [5, 5.41) is 4.00. The molecule has 1 saturated heterocycles. The number of hydrogen-bond acceptors (Lipinski definition) is 5. The highest BCUT2D eigenvalue weighted by atomic mass is 79.9.